The zero-order valence-electron chi connectivity index (χ0n) is 20.0. The third-order valence-corrected chi connectivity index (χ3v) is 6.61. The van der Waals surface area contributed by atoms with Gasteiger partial charge >= 0.3 is 0 Å². The average molecular weight is 519 g/mol. The summed E-state index contributed by atoms with van der Waals surface area (Å²) in [6.07, 6.45) is 3.47. The lowest BCUT2D eigenvalue weighted by molar-refractivity contribution is -0.122. The Bertz CT molecular complexity index is 1280. The van der Waals surface area contributed by atoms with Crippen molar-refractivity contribution < 1.29 is 14.3 Å². The molecule has 4 rings (SSSR count). The smallest absolute Gasteiger partial charge is 0.267 e. The van der Waals surface area contributed by atoms with Gasteiger partial charge in [-0.15, -0.1) is 0 Å². The molecule has 0 spiro atoms. The molecule has 3 aromatic rings. The number of hydrogen-bond acceptors (Lipinski definition) is 5. The number of carbonyl (C=O) groups excluding carboxylic acids is 1. The van der Waals surface area contributed by atoms with Gasteiger partial charge in [0, 0.05) is 0 Å². The van der Waals surface area contributed by atoms with Crippen LogP contribution in [0.5, 0.6) is 11.5 Å². The maximum atomic E-state index is 13.5. The van der Waals surface area contributed by atoms with E-state index in [1.165, 1.54) is 11.8 Å². The number of carbonyl (C=O) groups is 1. The van der Waals surface area contributed by atoms with Gasteiger partial charge in [0.1, 0.15) is 6.61 Å². The van der Waals surface area contributed by atoms with Gasteiger partial charge in [0.05, 0.1) is 29.6 Å². The Morgan fingerprint density at radius 1 is 1.03 bits per heavy atom. The average Bonchev–Trinajstić information content (AvgIpc) is 3.17. The first-order chi connectivity index (χ1) is 17.6. The van der Waals surface area contributed by atoms with Gasteiger partial charge in [-0.1, -0.05) is 84.9 Å². The molecule has 3 aromatic carbocycles. The normalized spacial score (nSPS) is 15.5. The first kappa shape index (κ1) is 25.6. The summed E-state index contributed by atoms with van der Waals surface area (Å²) in [6.45, 7) is 7.27. The first-order valence-corrected chi connectivity index (χ1v) is 12.8. The van der Waals surface area contributed by atoms with Crippen LogP contribution in [0.1, 0.15) is 23.6 Å². The lowest BCUT2D eigenvalue weighted by Gasteiger charge is -2.16. The summed E-state index contributed by atoms with van der Waals surface area (Å²) in [5.74, 6) is 0.881. The Kier molecular flexibility index (Phi) is 8.87. The molecule has 0 bridgehead atoms. The van der Waals surface area contributed by atoms with Crippen LogP contribution in [-0.2, 0) is 17.9 Å². The molecule has 1 amide bonds. The monoisotopic (exact) mass is 518 g/mol. The molecule has 0 radical (unpaired) electrons. The maximum absolute atomic E-state index is 13.5. The van der Waals surface area contributed by atoms with E-state index in [4.69, 9.17) is 26.1 Å². The standard InChI is InChI=1S/C29H27ClN2O3S/c1-3-15-35-27-24(30)16-23(17-25(27)34-4-2)18-26-28(33)32(20-22-13-9-6-10-14-22)29(36-26)31-19-21-11-7-5-8-12-21/h3,5-14,16-18H,1,4,15,19-20H2,2H3/b26-18+,31-29?. The van der Waals surface area contributed by atoms with Crippen molar-refractivity contribution in [2.24, 2.45) is 4.99 Å². The highest BCUT2D eigenvalue weighted by atomic mass is 35.5. The van der Waals surface area contributed by atoms with Crippen molar-refractivity contribution in [3.05, 3.63) is 112 Å². The van der Waals surface area contributed by atoms with Crippen molar-refractivity contribution >= 4 is 40.5 Å². The van der Waals surface area contributed by atoms with Crippen LogP contribution in [0.25, 0.3) is 6.08 Å². The number of hydrogen-bond donors (Lipinski definition) is 0. The van der Waals surface area contributed by atoms with Gasteiger partial charge in [-0.2, -0.15) is 0 Å². The molecular weight excluding hydrogens is 492 g/mol. The molecule has 0 saturated carbocycles. The van der Waals surface area contributed by atoms with E-state index in [1.54, 1.807) is 17.0 Å². The van der Waals surface area contributed by atoms with Crippen LogP contribution in [0.3, 0.4) is 0 Å². The number of aliphatic imine (C=N–C) groups is 1. The van der Waals surface area contributed by atoms with Gasteiger partial charge in [0.25, 0.3) is 5.91 Å². The van der Waals surface area contributed by atoms with Crippen molar-refractivity contribution in [3.8, 4) is 11.5 Å². The zero-order chi connectivity index (χ0) is 25.3. The molecule has 1 heterocycles. The van der Waals surface area contributed by atoms with E-state index >= 15 is 0 Å². The molecule has 0 aliphatic carbocycles. The second-order valence-corrected chi connectivity index (χ2v) is 9.35. The van der Waals surface area contributed by atoms with Crippen molar-refractivity contribution in [2.75, 3.05) is 13.2 Å². The summed E-state index contributed by atoms with van der Waals surface area (Å²) >= 11 is 7.88. The number of halogens is 1. The molecule has 184 valence electrons. The second kappa shape index (κ2) is 12.5. The van der Waals surface area contributed by atoms with E-state index in [2.05, 4.69) is 6.58 Å². The fourth-order valence-corrected chi connectivity index (χ4v) is 4.89. The van der Waals surface area contributed by atoms with Crippen LogP contribution >= 0.6 is 23.4 Å². The van der Waals surface area contributed by atoms with Gasteiger partial charge in [-0.05, 0) is 53.6 Å². The third-order valence-electron chi connectivity index (χ3n) is 5.29. The Morgan fingerprint density at radius 2 is 1.72 bits per heavy atom. The SMILES string of the molecule is C=CCOc1c(Cl)cc(/C=C2/SC(=NCc3ccccc3)N(Cc3ccccc3)C2=O)cc1OCC. The van der Waals surface area contributed by atoms with E-state index < -0.39 is 0 Å². The van der Waals surface area contributed by atoms with Gasteiger partial charge in [0.15, 0.2) is 16.7 Å². The van der Waals surface area contributed by atoms with Gasteiger partial charge in [0.2, 0.25) is 0 Å². The van der Waals surface area contributed by atoms with Crippen molar-refractivity contribution in [2.45, 2.75) is 20.0 Å². The lowest BCUT2D eigenvalue weighted by Crippen LogP contribution is -2.28. The quantitative estimate of drug-likeness (QED) is 0.215. The number of ether oxygens (including phenoxy) is 2. The predicted molar refractivity (Wildman–Crippen MR) is 148 cm³/mol. The number of rotatable bonds is 10. The fraction of sp³-hybridized carbons (Fsp3) is 0.172. The van der Waals surface area contributed by atoms with Crippen LogP contribution in [0.15, 0.2) is 95.3 Å². The van der Waals surface area contributed by atoms with Gasteiger partial charge in [-0.25, -0.2) is 0 Å². The second-order valence-electron chi connectivity index (χ2n) is 7.93. The van der Waals surface area contributed by atoms with Crippen molar-refractivity contribution in [1.82, 2.24) is 4.90 Å². The molecule has 1 saturated heterocycles. The van der Waals surface area contributed by atoms with E-state index in [9.17, 15) is 4.79 Å². The summed E-state index contributed by atoms with van der Waals surface area (Å²) in [6, 6.07) is 23.5. The topological polar surface area (TPSA) is 51.1 Å². The minimum Gasteiger partial charge on any atom is -0.490 e. The number of thioether (sulfide) groups is 1. The summed E-state index contributed by atoms with van der Waals surface area (Å²) < 4.78 is 11.5. The van der Waals surface area contributed by atoms with Crippen LogP contribution in [0.2, 0.25) is 5.02 Å². The highest BCUT2D eigenvalue weighted by Crippen LogP contribution is 2.39. The third kappa shape index (κ3) is 6.39. The number of benzene rings is 3. The molecule has 5 nitrogen and oxygen atoms in total. The van der Waals surface area contributed by atoms with Crippen molar-refractivity contribution in [1.29, 1.82) is 0 Å². The molecule has 0 unspecified atom stereocenters. The summed E-state index contributed by atoms with van der Waals surface area (Å²) in [5, 5.41) is 1.07. The molecule has 1 aliphatic rings. The molecule has 0 N–H and O–H groups in total. The molecule has 1 aliphatic heterocycles. The van der Waals surface area contributed by atoms with E-state index in [-0.39, 0.29) is 5.91 Å². The first-order valence-electron chi connectivity index (χ1n) is 11.6. The Labute approximate surface area is 221 Å². The predicted octanol–water partition coefficient (Wildman–Crippen LogP) is 6.98. The Balaban J connectivity index is 1.66. The minimum atomic E-state index is -0.100. The van der Waals surface area contributed by atoms with Gasteiger partial charge < -0.3 is 9.47 Å². The Hall–Kier alpha value is -3.48. The summed E-state index contributed by atoms with van der Waals surface area (Å²) in [5.41, 5.74) is 2.86. The van der Waals surface area contributed by atoms with Crippen molar-refractivity contribution in [3.63, 3.8) is 0 Å². The van der Waals surface area contributed by atoms with E-state index in [0.29, 0.717) is 52.9 Å². The largest absolute Gasteiger partial charge is 0.490 e. The minimum absolute atomic E-state index is 0.100. The molecular formula is C29H27ClN2O3S. The van der Waals surface area contributed by atoms with E-state index in [0.717, 1.165) is 16.7 Å². The molecule has 0 atom stereocenters. The summed E-state index contributed by atoms with van der Waals surface area (Å²) in [4.78, 5) is 20.6. The molecule has 36 heavy (non-hydrogen) atoms. The summed E-state index contributed by atoms with van der Waals surface area (Å²) in [7, 11) is 0. The number of amidine groups is 1. The molecule has 1 fully saturated rings. The number of nitrogens with zero attached hydrogens (tertiary/aromatic N) is 2. The molecule has 7 heteroatoms. The maximum Gasteiger partial charge on any atom is 0.267 e. The highest BCUT2D eigenvalue weighted by molar-refractivity contribution is 8.18. The molecule has 0 aromatic heterocycles. The van der Waals surface area contributed by atoms with E-state index in [1.807, 2.05) is 79.7 Å². The highest BCUT2D eigenvalue weighted by Gasteiger charge is 2.33. The fourth-order valence-electron chi connectivity index (χ4n) is 3.64. The number of amides is 1. The van der Waals surface area contributed by atoms with Crippen LogP contribution < -0.4 is 9.47 Å². The van der Waals surface area contributed by atoms with Crippen LogP contribution in [0.4, 0.5) is 0 Å². The zero-order valence-corrected chi connectivity index (χ0v) is 21.6. The van der Waals surface area contributed by atoms with Gasteiger partial charge in [-0.3, -0.25) is 14.7 Å². The van der Waals surface area contributed by atoms with Crippen LogP contribution in [0, 0.1) is 0 Å². The lowest BCUT2D eigenvalue weighted by atomic mass is 10.1. The Morgan fingerprint density at radius 3 is 2.39 bits per heavy atom. The van der Waals surface area contributed by atoms with Crippen LogP contribution in [-0.4, -0.2) is 29.2 Å².